The molecule has 4 atom stereocenters. The average Bonchev–Trinajstić information content (AvgIpc) is 2.79. The van der Waals surface area contributed by atoms with E-state index in [1.165, 1.54) is 0 Å². The van der Waals surface area contributed by atoms with Crippen molar-refractivity contribution in [3.05, 3.63) is 12.2 Å². The first kappa shape index (κ1) is 21.4. The van der Waals surface area contributed by atoms with Crippen molar-refractivity contribution in [1.82, 2.24) is 0 Å². The molecule has 5 heteroatoms. The number of esters is 1. The van der Waals surface area contributed by atoms with Gasteiger partial charge in [-0.2, -0.15) is 0 Å². The Morgan fingerprint density at radius 2 is 1.73 bits per heavy atom. The fourth-order valence-electron chi connectivity index (χ4n) is 4.26. The van der Waals surface area contributed by atoms with Crippen molar-refractivity contribution in [2.45, 2.75) is 109 Å². The summed E-state index contributed by atoms with van der Waals surface area (Å²) in [6.07, 6.45) is 8.32. The molecule has 1 aliphatic heterocycles. The lowest BCUT2D eigenvalue weighted by Crippen LogP contribution is -2.42. The fourth-order valence-corrected chi connectivity index (χ4v) is 4.26. The molecule has 0 spiro atoms. The van der Waals surface area contributed by atoms with Gasteiger partial charge in [-0.25, -0.2) is 4.79 Å². The summed E-state index contributed by atoms with van der Waals surface area (Å²) in [6, 6.07) is 0. The molecule has 1 aliphatic carbocycles. The molecule has 1 heterocycles. The molecule has 2 fully saturated rings. The third kappa shape index (κ3) is 6.36. The van der Waals surface area contributed by atoms with E-state index in [4.69, 9.17) is 14.2 Å². The van der Waals surface area contributed by atoms with Crippen LogP contribution in [0.5, 0.6) is 0 Å². The molecule has 1 N–H and O–H groups in total. The predicted octanol–water partition coefficient (Wildman–Crippen LogP) is 4.27. The predicted molar refractivity (Wildman–Crippen MR) is 101 cm³/mol. The molecule has 150 valence electrons. The molecule has 0 radical (unpaired) electrons. The highest BCUT2D eigenvalue weighted by Gasteiger charge is 2.47. The van der Waals surface area contributed by atoms with Gasteiger partial charge < -0.3 is 19.3 Å². The summed E-state index contributed by atoms with van der Waals surface area (Å²) in [5.41, 5.74) is -0.260. The molecule has 1 saturated carbocycles. The minimum atomic E-state index is -1.11. The molecule has 0 aromatic heterocycles. The van der Waals surface area contributed by atoms with Crippen LogP contribution in [-0.4, -0.2) is 40.8 Å². The summed E-state index contributed by atoms with van der Waals surface area (Å²) in [7, 11) is 0. The number of rotatable bonds is 4. The van der Waals surface area contributed by atoms with Gasteiger partial charge in [-0.15, -0.1) is 0 Å². The second-order valence-electron chi connectivity index (χ2n) is 8.94. The zero-order valence-corrected chi connectivity index (χ0v) is 16.9. The Labute approximate surface area is 158 Å². The van der Waals surface area contributed by atoms with E-state index in [-0.39, 0.29) is 17.7 Å². The van der Waals surface area contributed by atoms with Crippen LogP contribution in [0.1, 0.15) is 85.5 Å². The van der Waals surface area contributed by atoms with Gasteiger partial charge in [0, 0.05) is 12.0 Å². The number of hydrogen-bond donors (Lipinski definition) is 1. The van der Waals surface area contributed by atoms with E-state index in [2.05, 4.69) is 13.5 Å². The quantitative estimate of drug-likeness (QED) is 0.593. The van der Waals surface area contributed by atoms with Crippen LogP contribution in [0.25, 0.3) is 0 Å². The van der Waals surface area contributed by atoms with Gasteiger partial charge in [0.25, 0.3) is 0 Å². The summed E-state index contributed by atoms with van der Waals surface area (Å²) in [6.45, 7) is 11.7. The average molecular weight is 369 g/mol. The van der Waals surface area contributed by atoms with Crippen molar-refractivity contribution in [2.75, 3.05) is 6.61 Å². The second kappa shape index (κ2) is 8.41. The van der Waals surface area contributed by atoms with Gasteiger partial charge in [-0.1, -0.05) is 19.4 Å². The van der Waals surface area contributed by atoms with Crippen molar-refractivity contribution in [3.8, 4) is 0 Å². The zero-order valence-electron chi connectivity index (χ0n) is 16.9. The molecule has 26 heavy (non-hydrogen) atoms. The first-order chi connectivity index (χ1) is 12.0. The summed E-state index contributed by atoms with van der Waals surface area (Å²) >= 11 is 0. The standard InChI is InChI=1S/C21H36O5/c1-16(2)18(22)25-17-10-7-6-8-12-19(3,13-9-11-17)26-20(4)14-21(5,23)24-15-20/h17,23H,1,6-15H2,2-5H3. The van der Waals surface area contributed by atoms with Gasteiger partial charge in [0.2, 0.25) is 0 Å². The van der Waals surface area contributed by atoms with E-state index in [1.807, 2.05) is 6.92 Å². The van der Waals surface area contributed by atoms with Crippen LogP contribution in [0.4, 0.5) is 0 Å². The van der Waals surface area contributed by atoms with E-state index in [0.717, 1.165) is 51.4 Å². The van der Waals surface area contributed by atoms with E-state index >= 15 is 0 Å². The van der Waals surface area contributed by atoms with Gasteiger partial charge in [0.05, 0.1) is 17.8 Å². The number of carbonyl (C=O) groups excluding carboxylic acids is 1. The monoisotopic (exact) mass is 368 g/mol. The molecule has 5 nitrogen and oxygen atoms in total. The van der Waals surface area contributed by atoms with Gasteiger partial charge >= 0.3 is 5.97 Å². The van der Waals surface area contributed by atoms with Crippen LogP contribution < -0.4 is 0 Å². The van der Waals surface area contributed by atoms with Crippen molar-refractivity contribution >= 4 is 5.97 Å². The highest BCUT2D eigenvalue weighted by Crippen LogP contribution is 2.40. The Morgan fingerprint density at radius 3 is 2.35 bits per heavy atom. The van der Waals surface area contributed by atoms with Crippen molar-refractivity contribution in [2.24, 2.45) is 0 Å². The molecule has 2 aliphatic rings. The molecule has 0 aromatic rings. The first-order valence-electron chi connectivity index (χ1n) is 9.96. The number of ether oxygens (including phenoxy) is 3. The number of aliphatic hydroxyl groups is 1. The molecule has 4 unspecified atom stereocenters. The van der Waals surface area contributed by atoms with Crippen LogP contribution in [0, 0.1) is 0 Å². The summed E-state index contributed by atoms with van der Waals surface area (Å²) < 4.78 is 17.6. The second-order valence-corrected chi connectivity index (χ2v) is 8.94. The third-order valence-corrected chi connectivity index (χ3v) is 5.47. The van der Waals surface area contributed by atoms with Crippen molar-refractivity contribution in [1.29, 1.82) is 0 Å². The Balaban J connectivity index is 1.95. The Kier molecular flexibility index (Phi) is 6.92. The molecule has 0 aromatic carbocycles. The number of hydrogen-bond acceptors (Lipinski definition) is 5. The van der Waals surface area contributed by atoms with E-state index < -0.39 is 11.4 Å². The van der Waals surface area contributed by atoms with Crippen LogP contribution in [0.2, 0.25) is 0 Å². The van der Waals surface area contributed by atoms with E-state index in [1.54, 1.807) is 13.8 Å². The summed E-state index contributed by atoms with van der Waals surface area (Å²) in [5, 5.41) is 10.1. The van der Waals surface area contributed by atoms with E-state index in [9.17, 15) is 9.90 Å². The smallest absolute Gasteiger partial charge is 0.333 e. The van der Waals surface area contributed by atoms with Gasteiger partial charge in [-0.05, 0) is 66.2 Å². The van der Waals surface area contributed by atoms with Crippen LogP contribution >= 0.6 is 0 Å². The highest BCUT2D eigenvalue weighted by molar-refractivity contribution is 5.87. The van der Waals surface area contributed by atoms with Gasteiger partial charge in [0.15, 0.2) is 5.79 Å². The van der Waals surface area contributed by atoms with Crippen LogP contribution in [-0.2, 0) is 19.0 Å². The highest BCUT2D eigenvalue weighted by atomic mass is 16.7. The lowest BCUT2D eigenvalue weighted by Gasteiger charge is -2.39. The first-order valence-corrected chi connectivity index (χ1v) is 9.96. The van der Waals surface area contributed by atoms with Crippen molar-refractivity contribution < 1.29 is 24.1 Å². The fraction of sp³-hybridized carbons (Fsp3) is 0.857. The molecule has 2 rings (SSSR count). The third-order valence-electron chi connectivity index (χ3n) is 5.47. The summed E-state index contributed by atoms with van der Waals surface area (Å²) in [4.78, 5) is 11.8. The van der Waals surface area contributed by atoms with Crippen molar-refractivity contribution in [3.63, 3.8) is 0 Å². The number of carbonyl (C=O) groups is 1. The normalized spacial score (nSPS) is 39.3. The minimum absolute atomic E-state index is 0.0346. The Hall–Kier alpha value is -0.910. The molecule has 0 amide bonds. The van der Waals surface area contributed by atoms with Crippen LogP contribution in [0.3, 0.4) is 0 Å². The van der Waals surface area contributed by atoms with Gasteiger partial charge in [-0.3, -0.25) is 0 Å². The largest absolute Gasteiger partial charge is 0.459 e. The SMILES string of the molecule is C=C(C)C(=O)OC1CCCCCC(C)(OC2(C)COC(C)(O)C2)CCC1. The maximum Gasteiger partial charge on any atom is 0.333 e. The van der Waals surface area contributed by atoms with Gasteiger partial charge in [0.1, 0.15) is 6.10 Å². The Morgan fingerprint density at radius 1 is 1.08 bits per heavy atom. The molecular weight excluding hydrogens is 332 g/mol. The lowest BCUT2D eigenvalue weighted by atomic mass is 9.87. The van der Waals surface area contributed by atoms with Crippen LogP contribution in [0.15, 0.2) is 12.2 Å². The Bertz CT molecular complexity index is 515. The maximum absolute atomic E-state index is 11.8. The van der Waals surface area contributed by atoms with E-state index in [0.29, 0.717) is 18.6 Å². The summed E-state index contributed by atoms with van der Waals surface area (Å²) in [5.74, 6) is -1.40. The topological polar surface area (TPSA) is 65.0 Å². The molecule has 1 saturated heterocycles. The molecular formula is C21H36O5. The lowest BCUT2D eigenvalue weighted by molar-refractivity contribution is -0.156. The zero-order chi connectivity index (χ0) is 19.4. The minimum Gasteiger partial charge on any atom is -0.459 e. The maximum atomic E-state index is 11.8. The molecule has 0 bridgehead atoms.